The second-order valence-electron chi connectivity index (χ2n) is 12.5. The SMILES string of the molecule is C\C1=C(c2ccccc2)/N=C(c2ccccc2)\N=C(\c2ccc3c(c2)C2(c4ccccc4-c4ccccc42)c2ccccc2-3)CC1. The summed E-state index contributed by atoms with van der Waals surface area (Å²) in [5.74, 6) is 0.753. The Balaban J connectivity index is 1.27. The molecule has 0 amide bonds. The standard InChI is InChI=1S/C44H32N2/c1-29-24-27-41(45-43(31-16-6-3-7-17-31)46-42(29)30-14-4-2-5-15-30)32-25-26-36-35-20-10-13-23-39(35)44(40(36)28-32)37-21-11-8-18-33(37)34-19-9-12-22-38(34)44/h2-23,25-26,28H,24,27H2,1H3/b42-29+,45-41+,46-43-. The lowest BCUT2D eigenvalue weighted by Crippen LogP contribution is -2.26. The molecule has 0 N–H and O–H groups in total. The number of hydrogen-bond acceptors (Lipinski definition) is 2. The third-order valence-electron chi connectivity index (χ3n) is 10.0. The van der Waals surface area contributed by atoms with Gasteiger partial charge >= 0.3 is 0 Å². The van der Waals surface area contributed by atoms with Crippen molar-refractivity contribution in [2.75, 3.05) is 0 Å². The van der Waals surface area contributed by atoms with Gasteiger partial charge in [-0.25, -0.2) is 9.98 Å². The van der Waals surface area contributed by atoms with E-state index in [0.717, 1.165) is 46.8 Å². The first-order valence-corrected chi connectivity index (χ1v) is 16.1. The van der Waals surface area contributed by atoms with E-state index in [2.05, 4.69) is 153 Å². The summed E-state index contributed by atoms with van der Waals surface area (Å²) in [4.78, 5) is 10.7. The normalized spacial score (nSPS) is 19.5. The second kappa shape index (κ2) is 10.5. The van der Waals surface area contributed by atoms with Gasteiger partial charge in [-0.15, -0.1) is 0 Å². The van der Waals surface area contributed by atoms with E-state index < -0.39 is 0 Å². The first kappa shape index (κ1) is 26.8. The molecular weight excluding hydrogens is 556 g/mol. The average Bonchev–Trinajstić information content (AvgIpc) is 3.58. The van der Waals surface area contributed by atoms with Gasteiger partial charge in [0.15, 0.2) is 5.84 Å². The summed E-state index contributed by atoms with van der Waals surface area (Å²) in [6, 6.07) is 54.9. The molecule has 0 bridgehead atoms. The third kappa shape index (κ3) is 3.90. The Hall–Kier alpha value is -5.60. The Labute approximate surface area is 270 Å². The Kier molecular flexibility index (Phi) is 6.11. The smallest absolute Gasteiger partial charge is 0.160 e. The van der Waals surface area contributed by atoms with Crippen LogP contribution in [0.5, 0.6) is 0 Å². The molecule has 6 aromatic carbocycles. The Morgan fingerprint density at radius 1 is 0.435 bits per heavy atom. The molecule has 0 fully saturated rings. The van der Waals surface area contributed by atoms with Crippen molar-refractivity contribution < 1.29 is 0 Å². The topological polar surface area (TPSA) is 24.7 Å². The summed E-state index contributed by atoms with van der Waals surface area (Å²) >= 11 is 0. The van der Waals surface area contributed by atoms with Gasteiger partial charge in [-0.05, 0) is 81.5 Å². The van der Waals surface area contributed by atoms with Gasteiger partial charge in [0.2, 0.25) is 0 Å². The van der Waals surface area contributed by atoms with Gasteiger partial charge in [-0.2, -0.15) is 0 Å². The summed E-state index contributed by atoms with van der Waals surface area (Å²) in [5, 5.41) is 0. The van der Waals surface area contributed by atoms with Crippen molar-refractivity contribution in [2.24, 2.45) is 9.98 Å². The van der Waals surface area contributed by atoms with Crippen molar-refractivity contribution in [3.05, 3.63) is 196 Å². The summed E-state index contributed by atoms with van der Waals surface area (Å²) in [6.07, 6.45) is 1.72. The third-order valence-corrected chi connectivity index (χ3v) is 10.0. The van der Waals surface area contributed by atoms with Crippen molar-refractivity contribution in [2.45, 2.75) is 25.2 Å². The van der Waals surface area contributed by atoms with E-state index in [-0.39, 0.29) is 5.41 Å². The minimum atomic E-state index is -0.371. The van der Waals surface area contributed by atoms with Crippen LogP contribution in [0.1, 0.15) is 58.7 Å². The van der Waals surface area contributed by atoms with E-state index in [1.54, 1.807) is 0 Å². The highest BCUT2D eigenvalue weighted by atomic mass is 14.9. The first-order valence-electron chi connectivity index (χ1n) is 16.1. The fraction of sp³-hybridized carbons (Fsp3) is 0.0909. The molecule has 0 atom stereocenters. The van der Waals surface area contributed by atoms with Crippen LogP contribution in [0.25, 0.3) is 28.0 Å². The summed E-state index contributed by atoms with van der Waals surface area (Å²) in [5.41, 5.74) is 17.0. The van der Waals surface area contributed by atoms with Crippen molar-refractivity contribution in [1.82, 2.24) is 0 Å². The van der Waals surface area contributed by atoms with Gasteiger partial charge in [0, 0.05) is 11.1 Å². The number of aliphatic imine (C=N–C) groups is 2. The van der Waals surface area contributed by atoms with E-state index in [0.29, 0.717) is 0 Å². The van der Waals surface area contributed by atoms with E-state index in [1.165, 1.54) is 50.1 Å². The molecule has 46 heavy (non-hydrogen) atoms. The maximum absolute atomic E-state index is 5.40. The molecule has 1 aliphatic heterocycles. The molecule has 2 heteroatoms. The van der Waals surface area contributed by atoms with E-state index in [1.807, 2.05) is 6.07 Å². The summed E-state index contributed by atoms with van der Waals surface area (Å²) in [6.45, 7) is 2.22. The molecule has 0 saturated heterocycles. The van der Waals surface area contributed by atoms with Crippen LogP contribution < -0.4 is 0 Å². The van der Waals surface area contributed by atoms with E-state index in [4.69, 9.17) is 9.98 Å². The lowest BCUT2D eigenvalue weighted by Gasteiger charge is -2.30. The molecule has 0 unspecified atom stereocenters. The first-order chi connectivity index (χ1) is 22.7. The molecule has 218 valence electrons. The van der Waals surface area contributed by atoms with Crippen molar-refractivity contribution in [3.63, 3.8) is 0 Å². The predicted molar refractivity (Wildman–Crippen MR) is 191 cm³/mol. The monoisotopic (exact) mass is 588 g/mol. The van der Waals surface area contributed by atoms with Crippen LogP contribution in [0.15, 0.2) is 167 Å². The lowest BCUT2D eigenvalue weighted by molar-refractivity contribution is 0.793. The van der Waals surface area contributed by atoms with Gasteiger partial charge in [0.1, 0.15) is 0 Å². The number of benzene rings is 6. The zero-order chi connectivity index (χ0) is 30.7. The van der Waals surface area contributed by atoms with Crippen LogP contribution in [0.4, 0.5) is 0 Å². The lowest BCUT2D eigenvalue weighted by atomic mass is 9.70. The zero-order valence-corrected chi connectivity index (χ0v) is 25.7. The number of allylic oxidation sites excluding steroid dienone is 1. The van der Waals surface area contributed by atoms with Gasteiger partial charge in [0.25, 0.3) is 0 Å². The van der Waals surface area contributed by atoms with Crippen LogP contribution in [0.2, 0.25) is 0 Å². The highest BCUT2D eigenvalue weighted by Crippen LogP contribution is 2.62. The van der Waals surface area contributed by atoms with Crippen LogP contribution in [0, 0.1) is 0 Å². The van der Waals surface area contributed by atoms with Gasteiger partial charge < -0.3 is 0 Å². The molecule has 9 rings (SSSR count). The molecule has 3 aliphatic rings. The van der Waals surface area contributed by atoms with E-state index in [9.17, 15) is 0 Å². The maximum Gasteiger partial charge on any atom is 0.160 e. The Morgan fingerprint density at radius 2 is 0.935 bits per heavy atom. The van der Waals surface area contributed by atoms with Gasteiger partial charge in [-0.1, -0.05) is 146 Å². The highest BCUT2D eigenvalue weighted by molar-refractivity contribution is 6.14. The molecular formula is C44H32N2. The van der Waals surface area contributed by atoms with Crippen LogP contribution in [-0.4, -0.2) is 11.5 Å². The second-order valence-corrected chi connectivity index (χ2v) is 12.5. The predicted octanol–water partition coefficient (Wildman–Crippen LogP) is 10.5. The van der Waals surface area contributed by atoms with E-state index >= 15 is 0 Å². The molecule has 0 saturated carbocycles. The number of fused-ring (bicyclic) bond motifs is 10. The van der Waals surface area contributed by atoms with Crippen molar-refractivity contribution in [3.8, 4) is 22.3 Å². The molecule has 0 radical (unpaired) electrons. The Morgan fingerprint density at radius 3 is 1.52 bits per heavy atom. The summed E-state index contributed by atoms with van der Waals surface area (Å²) in [7, 11) is 0. The molecule has 1 heterocycles. The van der Waals surface area contributed by atoms with Crippen molar-refractivity contribution in [1.29, 1.82) is 0 Å². The fourth-order valence-electron chi connectivity index (χ4n) is 7.94. The number of nitrogens with zero attached hydrogens (tertiary/aromatic N) is 2. The highest BCUT2D eigenvalue weighted by Gasteiger charge is 2.51. The zero-order valence-electron chi connectivity index (χ0n) is 25.7. The average molecular weight is 589 g/mol. The van der Waals surface area contributed by atoms with Gasteiger partial charge in [0.05, 0.1) is 16.8 Å². The molecule has 2 aliphatic carbocycles. The van der Waals surface area contributed by atoms with Crippen LogP contribution in [0.3, 0.4) is 0 Å². The fourth-order valence-corrected chi connectivity index (χ4v) is 7.94. The maximum atomic E-state index is 5.40. The largest absolute Gasteiger partial charge is 0.232 e. The number of rotatable bonds is 3. The van der Waals surface area contributed by atoms with Crippen LogP contribution >= 0.6 is 0 Å². The van der Waals surface area contributed by atoms with Gasteiger partial charge in [-0.3, -0.25) is 0 Å². The summed E-state index contributed by atoms with van der Waals surface area (Å²) < 4.78 is 0. The minimum Gasteiger partial charge on any atom is -0.232 e. The quantitative estimate of drug-likeness (QED) is 0.196. The molecule has 6 aromatic rings. The van der Waals surface area contributed by atoms with Crippen molar-refractivity contribution >= 4 is 17.2 Å². The molecule has 1 spiro atoms. The van der Waals surface area contributed by atoms with Crippen LogP contribution in [-0.2, 0) is 5.41 Å². The molecule has 2 nitrogen and oxygen atoms in total. The molecule has 0 aromatic heterocycles. The Bertz CT molecular complexity index is 2190. The minimum absolute atomic E-state index is 0.371. The number of amidine groups is 1. The number of hydrogen-bond donors (Lipinski definition) is 0.